The van der Waals surface area contributed by atoms with Crippen LogP contribution in [0.2, 0.25) is 0 Å². The topological polar surface area (TPSA) is 38.9 Å². The van der Waals surface area contributed by atoms with Crippen LogP contribution in [0.3, 0.4) is 0 Å². The summed E-state index contributed by atoms with van der Waals surface area (Å²) >= 11 is 0. The Hall–Kier alpha value is -5.80. The second kappa shape index (κ2) is 11.5. The van der Waals surface area contributed by atoms with Gasteiger partial charge in [-0.3, -0.25) is 0 Å². The second-order valence-corrected chi connectivity index (χ2v) is 13.1. The van der Waals surface area contributed by atoms with Crippen LogP contribution in [0, 0.1) is 0 Å². The molecule has 0 amide bonds. The first kappa shape index (κ1) is 28.7. The van der Waals surface area contributed by atoms with E-state index in [4.69, 9.17) is 14.4 Å². The van der Waals surface area contributed by atoms with E-state index in [2.05, 4.69) is 136 Å². The van der Waals surface area contributed by atoms with Gasteiger partial charge in [-0.1, -0.05) is 148 Å². The number of aromatic nitrogens is 2. The fourth-order valence-corrected chi connectivity index (χ4v) is 6.43. The van der Waals surface area contributed by atoms with Crippen LogP contribution < -0.4 is 0 Å². The van der Waals surface area contributed by atoms with Crippen molar-refractivity contribution in [2.75, 3.05) is 0 Å². The largest absolute Gasteiger partial charge is 0.455 e. The summed E-state index contributed by atoms with van der Waals surface area (Å²) < 4.78 is 6.82. The SMILES string of the molecule is CC(C)(C)c1cccc2c1oc1c(-c3cc(-c4ccccc4)cc(-c4cc(-c5ccccc5)nc(-c5ccccc5)n4)c3)cccc12. The lowest BCUT2D eigenvalue weighted by atomic mass is 9.86. The maximum Gasteiger partial charge on any atom is 0.160 e. The molecule has 8 aromatic rings. The molecule has 0 unspecified atom stereocenters. The highest BCUT2D eigenvalue weighted by atomic mass is 16.3. The summed E-state index contributed by atoms with van der Waals surface area (Å²) in [4.78, 5) is 10.2. The number of hydrogen-bond acceptors (Lipinski definition) is 3. The maximum atomic E-state index is 6.82. The molecular formula is C44H34N2O. The highest BCUT2D eigenvalue weighted by Gasteiger charge is 2.22. The van der Waals surface area contributed by atoms with Gasteiger partial charge in [0.1, 0.15) is 11.2 Å². The van der Waals surface area contributed by atoms with E-state index < -0.39 is 0 Å². The zero-order valence-corrected chi connectivity index (χ0v) is 26.7. The summed E-state index contributed by atoms with van der Waals surface area (Å²) in [5, 5.41) is 2.26. The number of para-hydroxylation sites is 2. The summed E-state index contributed by atoms with van der Waals surface area (Å²) in [6, 6.07) is 52.9. The molecule has 226 valence electrons. The Kier molecular flexibility index (Phi) is 7.03. The lowest BCUT2D eigenvalue weighted by Gasteiger charge is -2.18. The molecule has 0 aliphatic rings. The van der Waals surface area contributed by atoms with Gasteiger partial charge in [0, 0.05) is 38.6 Å². The van der Waals surface area contributed by atoms with Gasteiger partial charge in [0.15, 0.2) is 5.82 Å². The zero-order valence-electron chi connectivity index (χ0n) is 26.7. The Morgan fingerprint density at radius 3 is 1.62 bits per heavy atom. The van der Waals surface area contributed by atoms with Crippen molar-refractivity contribution in [1.82, 2.24) is 9.97 Å². The van der Waals surface area contributed by atoms with E-state index in [1.807, 2.05) is 36.4 Å². The van der Waals surface area contributed by atoms with Crippen molar-refractivity contribution in [3.63, 3.8) is 0 Å². The molecule has 3 nitrogen and oxygen atoms in total. The Labute approximate surface area is 275 Å². The lowest BCUT2D eigenvalue weighted by molar-refractivity contribution is 0.573. The first-order valence-electron chi connectivity index (χ1n) is 16.1. The van der Waals surface area contributed by atoms with Crippen LogP contribution in [-0.2, 0) is 5.41 Å². The predicted molar refractivity (Wildman–Crippen MR) is 195 cm³/mol. The average molecular weight is 607 g/mol. The first-order chi connectivity index (χ1) is 22.9. The number of nitrogens with zero attached hydrogens (tertiary/aromatic N) is 2. The minimum Gasteiger partial charge on any atom is -0.455 e. The monoisotopic (exact) mass is 606 g/mol. The number of furan rings is 1. The van der Waals surface area contributed by atoms with E-state index in [0.29, 0.717) is 5.82 Å². The molecule has 0 N–H and O–H groups in total. The molecule has 2 heterocycles. The van der Waals surface area contributed by atoms with Crippen LogP contribution in [0.4, 0.5) is 0 Å². The summed E-state index contributed by atoms with van der Waals surface area (Å²) in [5.74, 6) is 0.697. The lowest BCUT2D eigenvalue weighted by Crippen LogP contribution is -2.10. The van der Waals surface area contributed by atoms with Gasteiger partial charge in [-0.25, -0.2) is 9.97 Å². The van der Waals surface area contributed by atoms with Gasteiger partial charge in [0.25, 0.3) is 0 Å². The number of benzene rings is 6. The quantitative estimate of drug-likeness (QED) is 0.196. The minimum atomic E-state index is -0.0477. The summed E-state index contributed by atoms with van der Waals surface area (Å²) in [5.41, 5.74) is 12.2. The molecule has 2 aromatic heterocycles. The van der Waals surface area contributed by atoms with E-state index in [1.165, 1.54) is 5.56 Å². The number of fused-ring (bicyclic) bond motifs is 3. The van der Waals surface area contributed by atoms with Crippen LogP contribution in [-0.4, -0.2) is 9.97 Å². The van der Waals surface area contributed by atoms with Crippen molar-refractivity contribution in [3.05, 3.63) is 157 Å². The number of hydrogen-bond donors (Lipinski definition) is 0. The van der Waals surface area contributed by atoms with Gasteiger partial charge in [-0.15, -0.1) is 0 Å². The van der Waals surface area contributed by atoms with E-state index in [1.54, 1.807) is 0 Å². The molecule has 8 rings (SSSR count). The standard InChI is InChI=1S/C44H34N2O/c1-44(2,3)38-24-14-23-37-36-22-13-21-35(41(36)47-42(37)38)33-25-32(29-15-7-4-8-16-29)26-34(27-33)40-28-39(30-17-9-5-10-18-30)45-43(46-40)31-19-11-6-12-20-31/h4-28H,1-3H3. The van der Waals surface area contributed by atoms with Crippen LogP contribution in [0.25, 0.3) is 78.1 Å². The molecule has 0 fully saturated rings. The minimum absolute atomic E-state index is 0.0477. The smallest absolute Gasteiger partial charge is 0.160 e. The normalized spacial score (nSPS) is 11.7. The summed E-state index contributed by atoms with van der Waals surface area (Å²) in [6.45, 7) is 6.71. The van der Waals surface area contributed by atoms with Crippen molar-refractivity contribution in [1.29, 1.82) is 0 Å². The fraction of sp³-hybridized carbons (Fsp3) is 0.0909. The molecule has 0 aliphatic heterocycles. The van der Waals surface area contributed by atoms with Crippen LogP contribution in [0.5, 0.6) is 0 Å². The first-order valence-corrected chi connectivity index (χ1v) is 16.1. The van der Waals surface area contributed by atoms with Gasteiger partial charge < -0.3 is 4.42 Å². The third-order valence-electron chi connectivity index (χ3n) is 8.81. The molecule has 0 bridgehead atoms. The average Bonchev–Trinajstić information content (AvgIpc) is 3.51. The van der Waals surface area contributed by atoms with Crippen LogP contribution in [0.1, 0.15) is 26.3 Å². The van der Waals surface area contributed by atoms with Crippen LogP contribution >= 0.6 is 0 Å². The molecule has 0 saturated heterocycles. The Bertz CT molecular complexity index is 2310. The summed E-state index contributed by atoms with van der Waals surface area (Å²) in [6.07, 6.45) is 0. The van der Waals surface area contributed by atoms with Gasteiger partial charge in [0.05, 0.1) is 11.4 Å². The van der Waals surface area contributed by atoms with E-state index >= 15 is 0 Å². The third kappa shape index (κ3) is 5.40. The fourth-order valence-electron chi connectivity index (χ4n) is 6.43. The third-order valence-corrected chi connectivity index (χ3v) is 8.81. The van der Waals surface area contributed by atoms with Gasteiger partial charge >= 0.3 is 0 Å². The van der Waals surface area contributed by atoms with Gasteiger partial charge in [0.2, 0.25) is 0 Å². The molecule has 0 atom stereocenters. The molecular weight excluding hydrogens is 572 g/mol. The maximum absolute atomic E-state index is 6.82. The Balaban J connectivity index is 1.38. The zero-order chi connectivity index (χ0) is 32.0. The molecule has 0 aliphatic carbocycles. The highest BCUT2D eigenvalue weighted by Crippen LogP contribution is 2.42. The molecule has 0 radical (unpaired) electrons. The molecule has 0 spiro atoms. The second-order valence-electron chi connectivity index (χ2n) is 13.1. The van der Waals surface area contributed by atoms with E-state index in [0.717, 1.165) is 72.3 Å². The predicted octanol–water partition coefficient (Wildman–Crippen LogP) is 12.0. The molecule has 0 saturated carbocycles. The summed E-state index contributed by atoms with van der Waals surface area (Å²) in [7, 11) is 0. The van der Waals surface area contributed by atoms with Crippen molar-refractivity contribution in [2.24, 2.45) is 0 Å². The van der Waals surface area contributed by atoms with Crippen molar-refractivity contribution in [2.45, 2.75) is 26.2 Å². The van der Waals surface area contributed by atoms with Gasteiger partial charge in [-0.05, 0) is 46.4 Å². The van der Waals surface area contributed by atoms with E-state index in [9.17, 15) is 0 Å². The van der Waals surface area contributed by atoms with E-state index in [-0.39, 0.29) is 5.41 Å². The van der Waals surface area contributed by atoms with Crippen molar-refractivity contribution in [3.8, 4) is 56.2 Å². The van der Waals surface area contributed by atoms with Crippen molar-refractivity contribution >= 4 is 21.9 Å². The number of rotatable bonds is 5. The molecule has 6 aromatic carbocycles. The molecule has 47 heavy (non-hydrogen) atoms. The highest BCUT2D eigenvalue weighted by molar-refractivity contribution is 6.10. The van der Waals surface area contributed by atoms with Crippen molar-refractivity contribution < 1.29 is 4.42 Å². The molecule has 3 heteroatoms. The Morgan fingerprint density at radius 2 is 0.957 bits per heavy atom. The van der Waals surface area contributed by atoms with Gasteiger partial charge in [-0.2, -0.15) is 0 Å². The Morgan fingerprint density at radius 1 is 0.426 bits per heavy atom. The van der Waals surface area contributed by atoms with Crippen LogP contribution in [0.15, 0.2) is 156 Å².